The van der Waals surface area contributed by atoms with Gasteiger partial charge >= 0.3 is 0 Å². The molecule has 1 aromatic heterocycles. The van der Waals surface area contributed by atoms with E-state index in [1.54, 1.807) is 13.2 Å². The fourth-order valence-electron chi connectivity index (χ4n) is 3.43. The van der Waals surface area contributed by atoms with Crippen LogP contribution < -0.4 is 10.9 Å². The number of piperidine rings is 1. The number of aromatic nitrogens is 1. The van der Waals surface area contributed by atoms with E-state index in [9.17, 15) is 4.79 Å². The van der Waals surface area contributed by atoms with E-state index < -0.39 is 0 Å². The second kappa shape index (κ2) is 6.15. The third-order valence-corrected chi connectivity index (χ3v) is 4.75. The zero-order valence-electron chi connectivity index (χ0n) is 12.2. The summed E-state index contributed by atoms with van der Waals surface area (Å²) in [4.78, 5) is 14.2. The fourth-order valence-corrected chi connectivity index (χ4v) is 3.69. The molecule has 2 atom stereocenters. The first-order valence-corrected chi connectivity index (χ1v) is 7.81. The minimum Gasteiger partial charge on any atom is -0.383 e. The molecule has 21 heavy (non-hydrogen) atoms. The highest BCUT2D eigenvalue weighted by molar-refractivity contribution is 7.80. The van der Waals surface area contributed by atoms with Gasteiger partial charge in [0.15, 0.2) is 5.11 Å². The van der Waals surface area contributed by atoms with Crippen molar-refractivity contribution in [3.05, 3.63) is 34.2 Å². The molecular weight excluding hydrogens is 286 g/mol. The van der Waals surface area contributed by atoms with E-state index in [4.69, 9.17) is 17.0 Å². The monoisotopic (exact) mass is 307 g/mol. The van der Waals surface area contributed by atoms with Gasteiger partial charge in [-0.15, -0.1) is 0 Å². The van der Waals surface area contributed by atoms with Crippen molar-refractivity contribution < 1.29 is 4.74 Å². The summed E-state index contributed by atoms with van der Waals surface area (Å²) in [6.07, 6.45) is 1.15. The predicted molar refractivity (Wildman–Crippen MR) is 85.6 cm³/mol. The summed E-state index contributed by atoms with van der Waals surface area (Å²) in [5, 5.41) is 4.04. The molecule has 1 aromatic rings. The quantitative estimate of drug-likeness (QED) is 0.661. The molecule has 2 aliphatic heterocycles. The number of thiocarbonyl (C=S) groups is 1. The number of pyridine rings is 1. The number of hydrogen-bond donors (Lipinski definition) is 1. The number of methoxy groups -OCH3 is 1. The summed E-state index contributed by atoms with van der Waals surface area (Å²) < 4.78 is 6.98. The summed E-state index contributed by atoms with van der Waals surface area (Å²) in [5.41, 5.74) is 1.28. The van der Waals surface area contributed by atoms with Crippen molar-refractivity contribution >= 4 is 17.3 Å². The molecular formula is C15H21N3O2S. The lowest BCUT2D eigenvalue weighted by Gasteiger charge is -2.43. The highest BCUT2D eigenvalue weighted by Gasteiger charge is 2.35. The lowest BCUT2D eigenvalue weighted by Crippen LogP contribution is -2.52. The van der Waals surface area contributed by atoms with Crippen LogP contribution in [0.3, 0.4) is 0 Å². The summed E-state index contributed by atoms with van der Waals surface area (Å²) in [6.45, 7) is 4.01. The fraction of sp³-hybridized carbons (Fsp3) is 0.600. The number of rotatable bonds is 3. The third kappa shape index (κ3) is 2.96. The first-order valence-electron chi connectivity index (χ1n) is 7.40. The Labute approximate surface area is 129 Å². The van der Waals surface area contributed by atoms with Crippen LogP contribution in [0, 0.1) is 5.92 Å². The summed E-state index contributed by atoms with van der Waals surface area (Å²) in [7, 11) is 1.69. The molecule has 0 aliphatic carbocycles. The van der Waals surface area contributed by atoms with Gasteiger partial charge in [0.2, 0.25) is 0 Å². The van der Waals surface area contributed by atoms with E-state index in [1.165, 1.54) is 0 Å². The minimum absolute atomic E-state index is 0.122. The Kier molecular flexibility index (Phi) is 4.26. The largest absolute Gasteiger partial charge is 0.383 e. The molecule has 0 radical (unpaired) electrons. The van der Waals surface area contributed by atoms with Crippen LogP contribution in [0.25, 0.3) is 0 Å². The summed E-state index contributed by atoms with van der Waals surface area (Å²) in [5.74, 6) is 0.895. The van der Waals surface area contributed by atoms with E-state index in [1.807, 2.05) is 10.6 Å². The molecule has 3 rings (SSSR count). The van der Waals surface area contributed by atoms with Crippen LogP contribution in [0.15, 0.2) is 23.0 Å². The van der Waals surface area contributed by atoms with Crippen LogP contribution in [-0.4, -0.2) is 47.9 Å². The molecule has 114 valence electrons. The van der Waals surface area contributed by atoms with E-state index in [0.29, 0.717) is 18.4 Å². The average molecular weight is 307 g/mol. The smallest absolute Gasteiger partial charge is 0.250 e. The number of nitrogens with one attached hydrogen (secondary N) is 1. The van der Waals surface area contributed by atoms with Crippen molar-refractivity contribution in [1.82, 2.24) is 14.8 Å². The van der Waals surface area contributed by atoms with Gasteiger partial charge in [-0.25, -0.2) is 0 Å². The molecule has 0 spiro atoms. The van der Waals surface area contributed by atoms with Crippen molar-refractivity contribution in [1.29, 1.82) is 0 Å². The number of ether oxygens (including phenoxy) is 1. The van der Waals surface area contributed by atoms with Gasteiger partial charge in [-0.3, -0.25) is 4.79 Å². The van der Waals surface area contributed by atoms with Gasteiger partial charge in [-0.05, 0) is 30.6 Å². The van der Waals surface area contributed by atoms with Crippen LogP contribution in [-0.2, 0) is 11.3 Å². The van der Waals surface area contributed by atoms with E-state index in [2.05, 4.69) is 16.3 Å². The van der Waals surface area contributed by atoms with Gasteiger partial charge in [0.1, 0.15) is 0 Å². The zero-order chi connectivity index (χ0) is 14.8. The average Bonchev–Trinajstić information content (AvgIpc) is 2.48. The van der Waals surface area contributed by atoms with Crippen LogP contribution >= 0.6 is 12.2 Å². The molecule has 0 aromatic carbocycles. The van der Waals surface area contributed by atoms with E-state index in [0.717, 1.165) is 43.4 Å². The van der Waals surface area contributed by atoms with Crippen molar-refractivity contribution in [3.63, 3.8) is 0 Å². The number of likely N-dealkylation sites (tertiary alicyclic amines) is 1. The Morgan fingerprint density at radius 1 is 1.43 bits per heavy atom. The van der Waals surface area contributed by atoms with Crippen molar-refractivity contribution in [2.45, 2.75) is 18.9 Å². The molecule has 2 aliphatic rings. The zero-order valence-corrected chi connectivity index (χ0v) is 13.1. The minimum atomic E-state index is 0.122. The lowest BCUT2D eigenvalue weighted by molar-refractivity contribution is 0.174. The molecule has 1 fully saturated rings. The number of fused-ring (bicyclic) bond motifs is 4. The van der Waals surface area contributed by atoms with Crippen LogP contribution in [0.5, 0.6) is 0 Å². The second-order valence-electron chi connectivity index (χ2n) is 5.83. The highest BCUT2D eigenvalue weighted by Crippen LogP contribution is 2.34. The van der Waals surface area contributed by atoms with Crippen LogP contribution in [0.2, 0.25) is 0 Å². The molecule has 0 saturated carbocycles. The van der Waals surface area contributed by atoms with Crippen molar-refractivity contribution in [2.24, 2.45) is 5.92 Å². The SMILES string of the molecule is COCCNC(=S)N1CC2CC(C1)c1cccc(=O)n1C2. The van der Waals surface area contributed by atoms with Crippen molar-refractivity contribution in [3.8, 4) is 0 Å². The predicted octanol–water partition coefficient (Wildman–Crippen LogP) is 0.788. The molecule has 3 heterocycles. The first-order chi connectivity index (χ1) is 10.2. The number of nitrogens with zero attached hydrogens (tertiary/aromatic N) is 2. The van der Waals surface area contributed by atoms with Gasteiger partial charge in [0.05, 0.1) is 6.61 Å². The highest BCUT2D eigenvalue weighted by atomic mass is 32.1. The number of hydrogen-bond acceptors (Lipinski definition) is 3. The standard InChI is InChI=1S/C15H21N3O2S/c1-20-6-5-16-15(21)17-8-11-7-12(10-17)13-3-2-4-14(19)18(13)9-11/h2-4,11-12H,5-10H2,1H3,(H,16,21). The second-order valence-corrected chi connectivity index (χ2v) is 6.21. The van der Waals surface area contributed by atoms with Gasteiger partial charge in [0.25, 0.3) is 5.56 Å². The Balaban J connectivity index is 1.73. The molecule has 0 amide bonds. The van der Waals surface area contributed by atoms with Gasteiger partial charge in [0, 0.05) is 51.0 Å². The molecule has 2 unspecified atom stereocenters. The first kappa shape index (κ1) is 14.5. The lowest BCUT2D eigenvalue weighted by atomic mass is 9.83. The molecule has 1 N–H and O–H groups in total. The third-order valence-electron chi connectivity index (χ3n) is 4.35. The Hall–Kier alpha value is -1.40. The molecule has 6 heteroatoms. The van der Waals surface area contributed by atoms with Gasteiger partial charge in [-0.1, -0.05) is 6.07 Å². The molecule has 1 saturated heterocycles. The van der Waals surface area contributed by atoms with E-state index >= 15 is 0 Å². The maximum atomic E-state index is 12.0. The van der Waals surface area contributed by atoms with E-state index in [-0.39, 0.29) is 5.56 Å². The topological polar surface area (TPSA) is 46.5 Å². The summed E-state index contributed by atoms with van der Waals surface area (Å²) in [6, 6.07) is 5.59. The molecule has 2 bridgehead atoms. The molecule has 5 nitrogen and oxygen atoms in total. The normalized spacial score (nSPS) is 23.6. The van der Waals surface area contributed by atoms with Gasteiger partial charge < -0.3 is 19.5 Å². The van der Waals surface area contributed by atoms with Crippen molar-refractivity contribution in [2.75, 3.05) is 33.4 Å². The van der Waals surface area contributed by atoms with Gasteiger partial charge in [-0.2, -0.15) is 0 Å². The Morgan fingerprint density at radius 3 is 3.10 bits per heavy atom. The summed E-state index contributed by atoms with van der Waals surface area (Å²) >= 11 is 5.48. The Morgan fingerprint density at radius 2 is 2.29 bits per heavy atom. The van der Waals surface area contributed by atoms with Crippen LogP contribution in [0.1, 0.15) is 18.0 Å². The Bertz CT molecular complexity index is 587. The maximum absolute atomic E-state index is 12.0. The maximum Gasteiger partial charge on any atom is 0.250 e. The van der Waals surface area contributed by atoms with Crippen LogP contribution in [0.4, 0.5) is 0 Å².